The van der Waals surface area contributed by atoms with Crippen molar-refractivity contribution in [3.05, 3.63) is 88.4 Å². The van der Waals surface area contributed by atoms with Crippen LogP contribution in [-0.4, -0.2) is 5.97 Å². The van der Waals surface area contributed by atoms with E-state index in [-0.39, 0.29) is 10.8 Å². The number of hydrogen-bond donors (Lipinski definition) is 0. The molecule has 0 radical (unpaired) electrons. The van der Waals surface area contributed by atoms with Gasteiger partial charge in [-0.3, -0.25) is 0 Å². The summed E-state index contributed by atoms with van der Waals surface area (Å²) in [7, 11) is 0. The van der Waals surface area contributed by atoms with Gasteiger partial charge in [0.2, 0.25) is 0 Å². The number of esters is 1. The van der Waals surface area contributed by atoms with Crippen LogP contribution in [0.5, 0.6) is 17.2 Å². The number of rotatable bonds is 4. The fraction of sp³-hybridized carbons (Fsp3) is 0. The molecular weight excluding hydrogens is 347 g/mol. The number of ether oxygens (including phenoxy) is 2. The Balaban J connectivity index is 1.71. The van der Waals surface area contributed by atoms with Gasteiger partial charge in [0.15, 0.2) is 5.75 Å². The Morgan fingerprint density at radius 2 is 1.42 bits per heavy atom. The summed E-state index contributed by atoms with van der Waals surface area (Å²) < 4.78 is 10.9. The molecule has 0 aliphatic rings. The van der Waals surface area contributed by atoms with Gasteiger partial charge in [-0.1, -0.05) is 47.5 Å². The Bertz CT molecular complexity index is 846. The number of hydrogen-bond acceptors (Lipinski definition) is 3. The zero-order valence-electron chi connectivity index (χ0n) is 12.4. The molecule has 5 heteroatoms. The highest BCUT2D eigenvalue weighted by molar-refractivity contribution is 6.43. The number of para-hydroxylation sites is 1. The molecule has 0 aromatic heterocycles. The largest absolute Gasteiger partial charge is 0.457 e. The molecule has 0 amide bonds. The summed E-state index contributed by atoms with van der Waals surface area (Å²) in [5, 5.41) is 0.533. The van der Waals surface area contributed by atoms with Crippen molar-refractivity contribution in [2.45, 2.75) is 0 Å². The second kappa shape index (κ2) is 7.39. The summed E-state index contributed by atoms with van der Waals surface area (Å²) in [5.74, 6) is 1.04. The van der Waals surface area contributed by atoms with Gasteiger partial charge in [-0.05, 0) is 48.5 Å². The van der Waals surface area contributed by atoms with Gasteiger partial charge >= 0.3 is 5.97 Å². The molecule has 0 N–H and O–H groups in total. The van der Waals surface area contributed by atoms with E-state index < -0.39 is 5.97 Å². The minimum Gasteiger partial charge on any atom is -0.457 e. The lowest BCUT2D eigenvalue weighted by atomic mass is 10.2. The van der Waals surface area contributed by atoms with Gasteiger partial charge in [0, 0.05) is 0 Å². The average Bonchev–Trinajstić information content (AvgIpc) is 2.60. The molecular formula is C19H12Cl2O3. The van der Waals surface area contributed by atoms with Crippen molar-refractivity contribution in [1.82, 2.24) is 0 Å². The van der Waals surface area contributed by atoms with Gasteiger partial charge < -0.3 is 9.47 Å². The monoisotopic (exact) mass is 358 g/mol. The van der Waals surface area contributed by atoms with E-state index in [0.717, 1.165) is 5.75 Å². The van der Waals surface area contributed by atoms with Gasteiger partial charge in [-0.25, -0.2) is 4.79 Å². The molecule has 3 rings (SSSR count). The first kappa shape index (κ1) is 16.4. The Hall–Kier alpha value is -2.49. The molecule has 0 saturated heterocycles. The van der Waals surface area contributed by atoms with Gasteiger partial charge in [-0.15, -0.1) is 0 Å². The van der Waals surface area contributed by atoms with E-state index in [1.54, 1.807) is 42.5 Å². The Kier molecular flexibility index (Phi) is 5.04. The van der Waals surface area contributed by atoms with Crippen LogP contribution in [0.25, 0.3) is 0 Å². The molecule has 0 unspecified atom stereocenters. The highest BCUT2D eigenvalue weighted by Gasteiger charge is 2.13. The molecule has 0 saturated carbocycles. The van der Waals surface area contributed by atoms with Crippen molar-refractivity contribution in [3.63, 3.8) is 0 Å². The third-order valence-electron chi connectivity index (χ3n) is 3.19. The van der Waals surface area contributed by atoms with Gasteiger partial charge in [-0.2, -0.15) is 0 Å². The zero-order valence-corrected chi connectivity index (χ0v) is 13.9. The molecule has 120 valence electrons. The molecule has 0 atom stereocenters. The van der Waals surface area contributed by atoms with E-state index in [1.807, 2.05) is 30.3 Å². The number of halogens is 2. The van der Waals surface area contributed by atoms with Crippen LogP contribution in [0.1, 0.15) is 10.4 Å². The second-order valence-electron chi connectivity index (χ2n) is 4.88. The van der Waals surface area contributed by atoms with Crippen LogP contribution in [0.3, 0.4) is 0 Å². The van der Waals surface area contributed by atoms with Crippen molar-refractivity contribution < 1.29 is 14.3 Å². The lowest BCUT2D eigenvalue weighted by Gasteiger charge is -2.08. The number of carbonyl (C=O) groups excluding carboxylic acids is 1. The Morgan fingerprint density at radius 1 is 0.750 bits per heavy atom. The van der Waals surface area contributed by atoms with Crippen molar-refractivity contribution in [2.24, 2.45) is 0 Å². The first-order valence-corrected chi connectivity index (χ1v) is 7.88. The van der Waals surface area contributed by atoms with Crippen LogP contribution in [0.15, 0.2) is 72.8 Å². The average molecular weight is 359 g/mol. The molecule has 0 bridgehead atoms. The summed E-state index contributed by atoms with van der Waals surface area (Å²) >= 11 is 11.9. The summed E-state index contributed by atoms with van der Waals surface area (Å²) in [6, 6.07) is 20.9. The normalized spacial score (nSPS) is 10.2. The molecule has 0 spiro atoms. The molecule has 24 heavy (non-hydrogen) atoms. The summed E-state index contributed by atoms with van der Waals surface area (Å²) in [6.07, 6.45) is 0. The fourth-order valence-electron chi connectivity index (χ4n) is 2.01. The molecule has 3 nitrogen and oxygen atoms in total. The van der Waals surface area contributed by atoms with Gasteiger partial charge in [0.1, 0.15) is 16.5 Å². The van der Waals surface area contributed by atoms with Crippen LogP contribution < -0.4 is 9.47 Å². The van der Waals surface area contributed by atoms with Crippen molar-refractivity contribution in [2.75, 3.05) is 0 Å². The van der Waals surface area contributed by atoms with Crippen molar-refractivity contribution in [3.8, 4) is 17.2 Å². The highest BCUT2D eigenvalue weighted by atomic mass is 35.5. The predicted molar refractivity (Wildman–Crippen MR) is 94.4 cm³/mol. The lowest BCUT2D eigenvalue weighted by molar-refractivity contribution is 0.0735. The van der Waals surface area contributed by atoms with E-state index >= 15 is 0 Å². The van der Waals surface area contributed by atoms with E-state index in [2.05, 4.69) is 0 Å². The van der Waals surface area contributed by atoms with Crippen LogP contribution in [-0.2, 0) is 0 Å². The van der Waals surface area contributed by atoms with Crippen LogP contribution in [0.2, 0.25) is 10.0 Å². The molecule has 3 aromatic rings. The standard InChI is InChI=1S/C19H12Cl2O3/c20-16-7-4-8-17(18(16)21)24-19(22)13-9-11-15(12-10-13)23-14-5-2-1-3-6-14/h1-12H. The molecule has 3 aromatic carbocycles. The quantitative estimate of drug-likeness (QED) is 0.423. The van der Waals surface area contributed by atoms with E-state index in [9.17, 15) is 4.79 Å². The van der Waals surface area contributed by atoms with Crippen molar-refractivity contribution >= 4 is 29.2 Å². The SMILES string of the molecule is O=C(Oc1cccc(Cl)c1Cl)c1ccc(Oc2ccccc2)cc1. The fourth-order valence-corrected chi connectivity index (χ4v) is 2.34. The lowest BCUT2D eigenvalue weighted by Crippen LogP contribution is -2.08. The summed E-state index contributed by atoms with van der Waals surface area (Å²) in [4.78, 5) is 12.2. The van der Waals surface area contributed by atoms with Crippen LogP contribution >= 0.6 is 23.2 Å². The van der Waals surface area contributed by atoms with Gasteiger partial charge in [0.05, 0.1) is 10.6 Å². The van der Waals surface area contributed by atoms with E-state index in [4.69, 9.17) is 32.7 Å². The highest BCUT2D eigenvalue weighted by Crippen LogP contribution is 2.32. The van der Waals surface area contributed by atoms with E-state index in [0.29, 0.717) is 16.3 Å². The Labute approximate surface area is 149 Å². The third kappa shape index (κ3) is 3.88. The maximum Gasteiger partial charge on any atom is 0.343 e. The minimum absolute atomic E-state index is 0.205. The van der Waals surface area contributed by atoms with Crippen LogP contribution in [0.4, 0.5) is 0 Å². The maximum absolute atomic E-state index is 12.2. The Morgan fingerprint density at radius 3 is 2.12 bits per heavy atom. The zero-order chi connectivity index (χ0) is 16.9. The second-order valence-corrected chi connectivity index (χ2v) is 5.67. The van der Waals surface area contributed by atoms with Crippen LogP contribution in [0, 0.1) is 0 Å². The number of carbonyl (C=O) groups is 1. The first-order chi connectivity index (χ1) is 11.6. The predicted octanol–water partition coefficient (Wildman–Crippen LogP) is 6.00. The summed E-state index contributed by atoms with van der Waals surface area (Å²) in [6.45, 7) is 0. The summed E-state index contributed by atoms with van der Waals surface area (Å²) in [5.41, 5.74) is 0.381. The maximum atomic E-state index is 12.2. The molecule has 0 aliphatic heterocycles. The van der Waals surface area contributed by atoms with Crippen molar-refractivity contribution in [1.29, 1.82) is 0 Å². The first-order valence-electron chi connectivity index (χ1n) is 7.12. The molecule has 0 fully saturated rings. The topological polar surface area (TPSA) is 35.5 Å². The third-order valence-corrected chi connectivity index (χ3v) is 3.99. The minimum atomic E-state index is -0.523. The number of benzene rings is 3. The smallest absolute Gasteiger partial charge is 0.343 e. The molecule has 0 heterocycles. The van der Waals surface area contributed by atoms with Gasteiger partial charge in [0.25, 0.3) is 0 Å². The van der Waals surface area contributed by atoms with E-state index in [1.165, 1.54) is 0 Å². The molecule has 0 aliphatic carbocycles.